The van der Waals surface area contributed by atoms with Crippen LogP contribution in [0.2, 0.25) is 0 Å². The number of amides is 1. The predicted molar refractivity (Wildman–Crippen MR) is 101 cm³/mol. The minimum atomic E-state index is -0.526. The zero-order valence-corrected chi connectivity index (χ0v) is 14.7. The van der Waals surface area contributed by atoms with Crippen LogP contribution in [0.15, 0.2) is 53.1 Å². The van der Waals surface area contributed by atoms with Gasteiger partial charge < -0.3 is 14.6 Å². The molecule has 1 aromatic heterocycles. The quantitative estimate of drug-likeness (QED) is 0.744. The van der Waals surface area contributed by atoms with E-state index in [9.17, 15) is 4.79 Å². The molecule has 0 saturated heterocycles. The topological polar surface area (TPSA) is 76.4 Å². The number of aromatic nitrogens is 1. The summed E-state index contributed by atoms with van der Waals surface area (Å²) >= 11 is 0. The molecular formula is C21H19N3O3. The minimum Gasteiger partial charge on any atom is -0.448 e. The maximum Gasteiger partial charge on any atom is 0.414 e. The predicted octanol–water partition coefficient (Wildman–Crippen LogP) is 3.68. The number of carbonyl (C=O) groups excluding carboxylic acids is 1. The highest BCUT2D eigenvalue weighted by Crippen LogP contribution is 2.44. The lowest BCUT2D eigenvalue weighted by Gasteiger charge is -2.15. The van der Waals surface area contributed by atoms with Gasteiger partial charge in [0.05, 0.1) is 11.3 Å². The summed E-state index contributed by atoms with van der Waals surface area (Å²) in [6.45, 7) is 1.77. The summed E-state index contributed by atoms with van der Waals surface area (Å²) in [6, 6.07) is 16.5. The van der Waals surface area contributed by atoms with Gasteiger partial charge in [-0.05, 0) is 22.3 Å². The van der Waals surface area contributed by atoms with Gasteiger partial charge in [-0.15, -0.1) is 0 Å². The average Bonchev–Trinajstić information content (AvgIpc) is 3.26. The molecule has 0 atom stereocenters. The third-order valence-corrected chi connectivity index (χ3v) is 5.27. The van der Waals surface area contributed by atoms with E-state index in [1.807, 2.05) is 24.3 Å². The van der Waals surface area contributed by atoms with E-state index in [1.54, 1.807) is 0 Å². The van der Waals surface area contributed by atoms with Gasteiger partial charge in [0, 0.05) is 25.4 Å². The highest BCUT2D eigenvalue weighted by atomic mass is 16.6. The van der Waals surface area contributed by atoms with Crippen molar-refractivity contribution in [3.05, 3.63) is 70.9 Å². The van der Waals surface area contributed by atoms with E-state index in [0.29, 0.717) is 12.4 Å². The average molecular weight is 361 g/mol. The van der Waals surface area contributed by atoms with Crippen LogP contribution in [0.3, 0.4) is 0 Å². The second-order valence-electron chi connectivity index (χ2n) is 6.81. The van der Waals surface area contributed by atoms with Crippen LogP contribution in [0.25, 0.3) is 11.1 Å². The van der Waals surface area contributed by atoms with Crippen molar-refractivity contribution in [3.63, 3.8) is 0 Å². The molecular weight excluding hydrogens is 342 g/mol. The summed E-state index contributed by atoms with van der Waals surface area (Å²) in [7, 11) is 0. The van der Waals surface area contributed by atoms with Gasteiger partial charge in [0.25, 0.3) is 0 Å². The molecule has 0 radical (unpaired) electrons. The Labute approximate surface area is 156 Å². The Bertz CT molecular complexity index is 966. The monoisotopic (exact) mass is 361 g/mol. The number of rotatable bonds is 3. The molecule has 1 aliphatic heterocycles. The van der Waals surface area contributed by atoms with Gasteiger partial charge in [0.15, 0.2) is 0 Å². The molecule has 6 heteroatoms. The van der Waals surface area contributed by atoms with Crippen LogP contribution in [-0.2, 0) is 17.7 Å². The molecule has 0 saturated carbocycles. The molecule has 0 spiro atoms. The van der Waals surface area contributed by atoms with Crippen LogP contribution in [0.1, 0.15) is 28.3 Å². The fraction of sp³-hybridized carbons (Fsp3) is 0.238. The van der Waals surface area contributed by atoms with Gasteiger partial charge in [-0.25, -0.2) is 4.79 Å². The Balaban J connectivity index is 1.32. The van der Waals surface area contributed by atoms with Gasteiger partial charge in [-0.3, -0.25) is 5.32 Å². The summed E-state index contributed by atoms with van der Waals surface area (Å²) in [5.74, 6) is 0.405. The van der Waals surface area contributed by atoms with E-state index in [-0.39, 0.29) is 12.5 Å². The van der Waals surface area contributed by atoms with Crippen molar-refractivity contribution in [2.75, 3.05) is 18.5 Å². The first kappa shape index (κ1) is 16.1. The SMILES string of the molecule is O=C(Nc1onc2c1CNCC2)OCC1c2ccccc2-c2ccccc21. The van der Waals surface area contributed by atoms with Crippen molar-refractivity contribution < 1.29 is 14.1 Å². The maximum absolute atomic E-state index is 12.3. The van der Waals surface area contributed by atoms with Crippen LogP contribution >= 0.6 is 0 Å². The molecule has 0 unspecified atom stereocenters. The van der Waals surface area contributed by atoms with Crippen LogP contribution < -0.4 is 10.6 Å². The number of benzene rings is 2. The Morgan fingerprint density at radius 1 is 1.15 bits per heavy atom. The number of anilines is 1. The molecule has 0 bridgehead atoms. The molecule has 136 valence electrons. The van der Waals surface area contributed by atoms with Crippen molar-refractivity contribution >= 4 is 12.0 Å². The number of nitrogens with zero attached hydrogens (tertiary/aromatic N) is 1. The number of ether oxygens (including phenoxy) is 1. The van der Waals surface area contributed by atoms with Gasteiger partial charge >= 0.3 is 6.09 Å². The Kier molecular flexibility index (Phi) is 3.90. The van der Waals surface area contributed by atoms with E-state index in [4.69, 9.17) is 9.26 Å². The summed E-state index contributed by atoms with van der Waals surface area (Å²) in [5.41, 5.74) is 6.58. The molecule has 2 aliphatic rings. The Morgan fingerprint density at radius 2 is 1.85 bits per heavy atom. The van der Waals surface area contributed by atoms with E-state index in [2.05, 4.69) is 40.1 Å². The van der Waals surface area contributed by atoms with Gasteiger partial charge in [0.1, 0.15) is 6.61 Å². The third-order valence-electron chi connectivity index (χ3n) is 5.27. The first-order valence-electron chi connectivity index (χ1n) is 9.11. The smallest absolute Gasteiger partial charge is 0.414 e. The summed E-state index contributed by atoms with van der Waals surface area (Å²) in [4.78, 5) is 12.3. The second kappa shape index (κ2) is 6.55. The molecule has 6 nitrogen and oxygen atoms in total. The summed E-state index contributed by atoms with van der Waals surface area (Å²) < 4.78 is 10.8. The van der Waals surface area contributed by atoms with Gasteiger partial charge in [-0.2, -0.15) is 0 Å². The van der Waals surface area contributed by atoms with Crippen LogP contribution in [0.5, 0.6) is 0 Å². The van der Waals surface area contributed by atoms with E-state index in [1.165, 1.54) is 22.3 Å². The number of fused-ring (bicyclic) bond motifs is 4. The lowest BCUT2D eigenvalue weighted by atomic mass is 9.98. The third kappa shape index (κ3) is 2.78. The second-order valence-corrected chi connectivity index (χ2v) is 6.81. The highest BCUT2D eigenvalue weighted by molar-refractivity contribution is 5.84. The lowest BCUT2D eigenvalue weighted by Crippen LogP contribution is -2.24. The van der Waals surface area contributed by atoms with Crippen molar-refractivity contribution in [1.82, 2.24) is 10.5 Å². The number of carbonyl (C=O) groups is 1. The highest BCUT2D eigenvalue weighted by Gasteiger charge is 2.29. The molecule has 5 rings (SSSR count). The molecule has 2 aromatic carbocycles. The number of nitrogens with one attached hydrogen (secondary N) is 2. The molecule has 2 heterocycles. The molecule has 1 amide bonds. The van der Waals surface area contributed by atoms with E-state index >= 15 is 0 Å². The Morgan fingerprint density at radius 3 is 2.59 bits per heavy atom. The van der Waals surface area contributed by atoms with Gasteiger partial charge in [0.2, 0.25) is 5.88 Å². The van der Waals surface area contributed by atoms with Crippen molar-refractivity contribution in [1.29, 1.82) is 0 Å². The van der Waals surface area contributed by atoms with Gasteiger partial charge in [-0.1, -0.05) is 53.7 Å². The zero-order valence-electron chi connectivity index (χ0n) is 14.7. The van der Waals surface area contributed by atoms with E-state index < -0.39 is 6.09 Å². The summed E-state index contributed by atoms with van der Waals surface area (Å²) in [5, 5.41) is 9.96. The zero-order chi connectivity index (χ0) is 18.2. The molecule has 0 fully saturated rings. The lowest BCUT2D eigenvalue weighted by molar-refractivity contribution is 0.157. The van der Waals surface area contributed by atoms with Crippen LogP contribution in [0.4, 0.5) is 10.7 Å². The largest absolute Gasteiger partial charge is 0.448 e. The van der Waals surface area contributed by atoms with Crippen LogP contribution in [0, 0.1) is 0 Å². The fourth-order valence-electron chi connectivity index (χ4n) is 3.97. The molecule has 3 aromatic rings. The first-order valence-corrected chi connectivity index (χ1v) is 9.11. The van der Waals surface area contributed by atoms with Crippen LogP contribution in [-0.4, -0.2) is 24.4 Å². The maximum atomic E-state index is 12.3. The molecule has 1 aliphatic carbocycles. The number of hydrogen-bond acceptors (Lipinski definition) is 5. The molecule has 2 N–H and O–H groups in total. The standard InChI is InChI=1S/C21H19N3O3/c25-21(23-20-17-11-22-10-9-19(17)24-27-20)26-12-18-15-7-3-1-5-13(15)14-6-2-4-8-16(14)18/h1-8,18,22H,9-12H2,(H,23,25). The fourth-order valence-corrected chi connectivity index (χ4v) is 3.97. The van der Waals surface area contributed by atoms with E-state index in [0.717, 1.165) is 24.2 Å². The Hall–Kier alpha value is -3.12. The number of hydrogen-bond donors (Lipinski definition) is 2. The normalized spacial score (nSPS) is 15.0. The van der Waals surface area contributed by atoms with Crippen molar-refractivity contribution in [3.8, 4) is 11.1 Å². The van der Waals surface area contributed by atoms with Crippen molar-refractivity contribution in [2.45, 2.75) is 18.9 Å². The minimum absolute atomic E-state index is 0.0356. The first-order chi connectivity index (χ1) is 13.3. The summed E-state index contributed by atoms with van der Waals surface area (Å²) in [6.07, 6.45) is 0.270. The van der Waals surface area contributed by atoms with Crippen molar-refractivity contribution in [2.24, 2.45) is 0 Å². The molecule has 27 heavy (non-hydrogen) atoms.